The Morgan fingerprint density at radius 3 is 2.71 bits per heavy atom. The summed E-state index contributed by atoms with van der Waals surface area (Å²) >= 11 is 0. The fourth-order valence-corrected chi connectivity index (χ4v) is 3.16. The Morgan fingerprint density at radius 1 is 1.29 bits per heavy atom. The van der Waals surface area contributed by atoms with Gasteiger partial charge in [-0.05, 0) is 22.9 Å². The molecule has 2 rings (SSSR count). The summed E-state index contributed by atoms with van der Waals surface area (Å²) in [6.45, 7) is 0. The van der Waals surface area contributed by atoms with E-state index in [1.165, 1.54) is 5.56 Å². The number of rotatable bonds is 1. The maximum Gasteiger partial charge on any atom is 0.215 e. The van der Waals surface area contributed by atoms with Crippen molar-refractivity contribution in [2.45, 2.75) is 18.1 Å². The topological polar surface area (TPSA) is 17.1 Å². The Labute approximate surface area is 87.9 Å². The number of Topliss-reactive ketones (excluding diaryl/α,β-unsaturated/α-hetero) is 1. The van der Waals surface area contributed by atoms with Crippen molar-refractivity contribution in [1.82, 2.24) is 0 Å². The van der Waals surface area contributed by atoms with Crippen LogP contribution in [-0.4, -0.2) is 23.5 Å². The first-order chi connectivity index (χ1) is 6.70. The molecule has 0 aromatic heterocycles. The smallest absolute Gasteiger partial charge is 0.215 e. The van der Waals surface area contributed by atoms with Crippen LogP contribution in [0.4, 0.5) is 0 Å². The summed E-state index contributed by atoms with van der Waals surface area (Å²) in [4.78, 5) is 12.1. The number of ketones is 1. The number of carbonyl (C=O) groups excluding carboxylic acids is 1. The predicted octanol–water partition coefficient (Wildman–Crippen LogP) is 2.06. The molecular weight excluding hydrogens is 192 g/mol. The molecule has 1 unspecified atom stereocenters. The van der Waals surface area contributed by atoms with Gasteiger partial charge in [-0.25, -0.2) is 0 Å². The Balaban J connectivity index is 2.37. The average molecular weight is 207 g/mol. The molecular formula is C12H15OS+. The molecule has 0 saturated heterocycles. The summed E-state index contributed by atoms with van der Waals surface area (Å²) in [6.07, 6.45) is 6.43. The lowest BCUT2D eigenvalue weighted by Gasteiger charge is -2.20. The quantitative estimate of drug-likeness (QED) is 0.644. The first kappa shape index (κ1) is 9.78. The van der Waals surface area contributed by atoms with Crippen LogP contribution >= 0.6 is 0 Å². The van der Waals surface area contributed by atoms with E-state index in [1.807, 2.05) is 18.2 Å². The molecule has 0 aliphatic heterocycles. The van der Waals surface area contributed by atoms with Crippen molar-refractivity contribution >= 4 is 16.7 Å². The zero-order valence-electron chi connectivity index (χ0n) is 8.62. The second-order valence-electron chi connectivity index (χ2n) is 3.93. The van der Waals surface area contributed by atoms with Gasteiger partial charge in [-0.2, -0.15) is 0 Å². The highest BCUT2D eigenvalue weighted by Crippen LogP contribution is 2.24. The molecule has 0 heterocycles. The van der Waals surface area contributed by atoms with Crippen molar-refractivity contribution in [2.24, 2.45) is 0 Å². The average Bonchev–Trinajstić information content (AvgIpc) is 2.18. The van der Waals surface area contributed by atoms with E-state index in [1.54, 1.807) is 0 Å². The number of fused-ring (bicyclic) bond motifs is 1. The van der Waals surface area contributed by atoms with Gasteiger partial charge in [-0.3, -0.25) is 4.79 Å². The largest absolute Gasteiger partial charge is 0.288 e. The van der Waals surface area contributed by atoms with Gasteiger partial charge in [0.25, 0.3) is 0 Å². The zero-order chi connectivity index (χ0) is 10.1. The third-order valence-corrected chi connectivity index (χ3v) is 4.41. The standard InChI is InChI=1S/C12H15OS/c1-14(2)11-8-7-9-5-3-4-6-10(9)12(11)13/h3-6,11H,7-8H2,1-2H3/q+1. The molecule has 0 fully saturated rings. The fourth-order valence-electron chi connectivity index (χ4n) is 2.02. The Bertz CT molecular complexity index is 357. The summed E-state index contributed by atoms with van der Waals surface area (Å²) in [5.74, 6) is 0.361. The Hall–Kier alpha value is -0.760. The summed E-state index contributed by atoms with van der Waals surface area (Å²) in [5, 5.41) is 0.268. The highest BCUT2D eigenvalue weighted by molar-refractivity contribution is 7.96. The van der Waals surface area contributed by atoms with Gasteiger partial charge in [0.1, 0.15) is 0 Å². The SMILES string of the molecule is C[S+](C)C1CCc2ccccc2C1=O. The first-order valence-electron chi connectivity index (χ1n) is 4.88. The third-order valence-electron chi connectivity index (χ3n) is 2.82. The maximum atomic E-state index is 12.1. The molecule has 14 heavy (non-hydrogen) atoms. The molecule has 1 atom stereocenters. The van der Waals surface area contributed by atoms with Crippen molar-refractivity contribution in [1.29, 1.82) is 0 Å². The lowest BCUT2D eigenvalue weighted by molar-refractivity contribution is 0.0978. The number of hydrogen-bond acceptors (Lipinski definition) is 1. The van der Waals surface area contributed by atoms with Gasteiger partial charge in [-0.15, -0.1) is 0 Å². The third kappa shape index (κ3) is 1.59. The first-order valence-corrected chi connectivity index (χ1v) is 6.99. The number of carbonyl (C=O) groups is 1. The molecule has 0 amide bonds. The molecule has 1 nitrogen and oxygen atoms in total. The van der Waals surface area contributed by atoms with Crippen LogP contribution < -0.4 is 0 Å². The molecule has 2 heteroatoms. The van der Waals surface area contributed by atoms with Gasteiger partial charge in [0.15, 0.2) is 5.25 Å². The highest BCUT2D eigenvalue weighted by atomic mass is 32.2. The van der Waals surface area contributed by atoms with Crippen LogP contribution in [0.2, 0.25) is 0 Å². The fraction of sp³-hybridized carbons (Fsp3) is 0.417. The number of benzene rings is 1. The van der Waals surface area contributed by atoms with Crippen molar-refractivity contribution in [2.75, 3.05) is 12.5 Å². The molecule has 0 bridgehead atoms. The highest BCUT2D eigenvalue weighted by Gasteiger charge is 2.35. The van der Waals surface area contributed by atoms with Crippen LogP contribution in [0.5, 0.6) is 0 Å². The Morgan fingerprint density at radius 2 is 2.00 bits per heavy atom. The van der Waals surface area contributed by atoms with Crippen LogP contribution in [0.15, 0.2) is 24.3 Å². The van der Waals surface area contributed by atoms with E-state index in [0.717, 1.165) is 18.4 Å². The van der Waals surface area contributed by atoms with E-state index in [9.17, 15) is 4.79 Å². The van der Waals surface area contributed by atoms with E-state index < -0.39 is 0 Å². The van der Waals surface area contributed by atoms with E-state index in [4.69, 9.17) is 0 Å². The van der Waals surface area contributed by atoms with E-state index >= 15 is 0 Å². The normalized spacial score (nSPS) is 21.1. The van der Waals surface area contributed by atoms with Crippen LogP contribution in [0, 0.1) is 0 Å². The monoisotopic (exact) mass is 207 g/mol. The maximum absolute atomic E-state index is 12.1. The minimum atomic E-state index is 0.211. The number of aryl methyl sites for hydroxylation is 1. The van der Waals surface area contributed by atoms with Crippen molar-refractivity contribution in [3.63, 3.8) is 0 Å². The summed E-state index contributed by atoms with van der Waals surface area (Å²) in [7, 11) is 0.211. The molecule has 0 radical (unpaired) electrons. The molecule has 1 aromatic rings. The van der Waals surface area contributed by atoms with Gasteiger partial charge >= 0.3 is 0 Å². The molecule has 0 spiro atoms. The van der Waals surface area contributed by atoms with Gasteiger partial charge in [0, 0.05) is 12.0 Å². The summed E-state index contributed by atoms with van der Waals surface area (Å²) in [5.41, 5.74) is 2.20. The zero-order valence-corrected chi connectivity index (χ0v) is 9.43. The van der Waals surface area contributed by atoms with E-state index in [-0.39, 0.29) is 16.1 Å². The van der Waals surface area contributed by atoms with Crippen LogP contribution in [0.3, 0.4) is 0 Å². The van der Waals surface area contributed by atoms with Gasteiger partial charge < -0.3 is 0 Å². The minimum absolute atomic E-state index is 0.211. The number of hydrogen-bond donors (Lipinski definition) is 0. The van der Waals surface area contributed by atoms with Crippen LogP contribution in [-0.2, 0) is 17.3 Å². The van der Waals surface area contributed by atoms with E-state index in [0.29, 0.717) is 5.78 Å². The lowest BCUT2D eigenvalue weighted by atomic mass is 9.90. The second-order valence-corrected chi connectivity index (χ2v) is 6.26. The predicted molar refractivity (Wildman–Crippen MR) is 62.1 cm³/mol. The van der Waals surface area contributed by atoms with Crippen LogP contribution in [0.25, 0.3) is 0 Å². The molecule has 0 N–H and O–H groups in total. The van der Waals surface area contributed by atoms with Crippen molar-refractivity contribution < 1.29 is 4.79 Å². The molecule has 74 valence electrons. The molecule has 1 aliphatic carbocycles. The van der Waals surface area contributed by atoms with Gasteiger partial charge in [0.2, 0.25) is 5.78 Å². The van der Waals surface area contributed by atoms with Crippen LogP contribution in [0.1, 0.15) is 22.3 Å². The van der Waals surface area contributed by atoms with E-state index in [2.05, 4.69) is 18.6 Å². The molecule has 1 aromatic carbocycles. The molecule has 1 aliphatic rings. The Kier molecular flexibility index (Phi) is 2.64. The van der Waals surface area contributed by atoms with Gasteiger partial charge in [0.05, 0.1) is 12.5 Å². The van der Waals surface area contributed by atoms with Crippen molar-refractivity contribution in [3.05, 3.63) is 35.4 Å². The lowest BCUT2D eigenvalue weighted by Crippen LogP contribution is -2.33. The van der Waals surface area contributed by atoms with Gasteiger partial charge in [-0.1, -0.05) is 24.3 Å². The summed E-state index contributed by atoms with van der Waals surface area (Å²) < 4.78 is 0. The second kappa shape index (κ2) is 3.77. The summed E-state index contributed by atoms with van der Waals surface area (Å²) in [6, 6.07) is 8.02. The van der Waals surface area contributed by atoms with Crippen molar-refractivity contribution in [3.8, 4) is 0 Å². The molecule has 0 saturated carbocycles. The minimum Gasteiger partial charge on any atom is -0.288 e.